The van der Waals surface area contributed by atoms with Crippen LogP contribution in [-0.2, 0) is 36.9 Å². The number of carbonyl (C=O) groups excluding carboxylic acids is 3. The standard InChI is InChI=1S/C36H46N4O7/c1-3-4-6-9-24-11-13-26(14-12-24)23-40-31(30-32(42)33-28(46-33)22-36(30,47-40)35(38)44)34(43)39(20-8-5-7-10-29(37)41)21-19-25-15-17-27(45-2)18-16-25/h11-18,28,30-33,42H,3-5,7-8,10,19-23H2,1-2H3,(H2,37,41)(H2,38,44). The maximum absolute atomic E-state index is 14.7. The summed E-state index contributed by atoms with van der Waals surface area (Å²) in [4.78, 5) is 47.3. The SMILES string of the molecule is CCCC#Cc1ccc(CN2OC3(C(N)=O)CC4OC4C(O)C3C2C(=O)N(CCCCCC(N)=O)CCc2ccc(OC)cc2)cc1. The number of benzene rings is 2. The fourth-order valence-electron chi connectivity index (χ4n) is 6.76. The summed E-state index contributed by atoms with van der Waals surface area (Å²) in [5, 5.41) is 13.0. The van der Waals surface area contributed by atoms with Crippen LogP contribution in [0.1, 0.15) is 68.6 Å². The second-order valence-corrected chi connectivity index (χ2v) is 12.7. The van der Waals surface area contributed by atoms with Crippen LogP contribution in [0.5, 0.6) is 5.75 Å². The Labute approximate surface area is 276 Å². The Morgan fingerprint density at radius 3 is 2.43 bits per heavy atom. The van der Waals surface area contributed by atoms with Crippen molar-refractivity contribution in [3.8, 4) is 17.6 Å². The highest BCUT2D eigenvalue weighted by atomic mass is 16.7. The van der Waals surface area contributed by atoms with Crippen LogP contribution in [0.15, 0.2) is 48.5 Å². The number of hydroxylamine groups is 2. The van der Waals surface area contributed by atoms with E-state index in [2.05, 4.69) is 18.8 Å². The van der Waals surface area contributed by atoms with Gasteiger partial charge in [-0.25, -0.2) is 0 Å². The maximum Gasteiger partial charge on any atom is 0.252 e. The Bertz CT molecular complexity index is 1470. The van der Waals surface area contributed by atoms with Crippen molar-refractivity contribution in [2.75, 3.05) is 20.2 Å². The van der Waals surface area contributed by atoms with E-state index in [0.29, 0.717) is 38.8 Å². The number of nitrogens with two attached hydrogens (primary N) is 2. The van der Waals surface area contributed by atoms with Crippen molar-refractivity contribution in [2.45, 2.75) is 94.8 Å². The van der Waals surface area contributed by atoms with Gasteiger partial charge in [-0.3, -0.25) is 19.2 Å². The van der Waals surface area contributed by atoms with Gasteiger partial charge in [0.1, 0.15) is 17.9 Å². The van der Waals surface area contributed by atoms with E-state index in [-0.39, 0.29) is 37.3 Å². The second-order valence-electron chi connectivity index (χ2n) is 12.7. The van der Waals surface area contributed by atoms with E-state index < -0.39 is 35.7 Å². The molecule has 3 fully saturated rings. The van der Waals surface area contributed by atoms with Crippen molar-refractivity contribution >= 4 is 17.7 Å². The number of primary amides is 2. The Morgan fingerprint density at radius 1 is 1.04 bits per heavy atom. The van der Waals surface area contributed by atoms with Gasteiger partial charge in [-0.05, 0) is 61.1 Å². The average Bonchev–Trinajstić information content (AvgIpc) is 3.76. The van der Waals surface area contributed by atoms with Gasteiger partial charge in [-0.15, -0.1) is 0 Å². The molecule has 1 saturated carbocycles. The predicted octanol–water partition coefficient (Wildman–Crippen LogP) is 2.45. The molecule has 2 aromatic rings. The molecule has 1 aliphatic carbocycles. The van der Waals surface area contributed by atoms with E-state index in [0.717, 1.165) is 35.3 Å². The average molecular weight is 647 g/mol. The number of aliphatic hydroxyl groups excluding tert-OH is 1. The van der Waals surface area contributed by atoms with Crippen molar-refractivity contribution in [2.24, 2.45) is 17.4 Å². The van der Waals surface area contributed by atoms with Gasteiger partial charge >= 0.3 is 0 Å². The number of hydrogen-bond donors (Lipinski definition) is 3. The molecule has 2 heterocycles. The zero-order valence-corrected chi connectivity index (χ0v) is 27.2. The van der Waals surface area contributed by atoms with Crippen LogP contribution in [0.25, 0.3) is 0 Å². The van der Waals surface area contributed by atoms with Crippen molar-refractivity contribution in [3.05, 3.63) is 65.2 Å². The summed E-state index contributed by atoms with van der Waals surface area (Å²) in [6, 6.07) is 14.4. The van der Waals surface area contributed by atoms with Gasteiger partial charge in [-0.2, -0.15) is 5.06 Å². The molecule has 11 nitrogen and oxygen atoms in total. The third-order valence-corrected chi connectivity index (χ3v) is 9.36. The Morgan fingerprint density at radius 2 is 1.77 bits per heavy atom. The van der Waals surface area contributed by atoms with Crippen LogP contribution >= 0.6 is 0 Å². The zero-order valence-electron chi connectivity index (χ0n) is 27.2. The van der Waals surface area contributed by atoms with E-state index in [9.17, 15) is 19.5 Å². The maximum atomic E-state index is 14.7. The molecular formula is C36H46N4O7. The molecule has 252 valence electrons. The minimum absolute atomic E-state index is 0.167. The molecule has 3 aliphatic rings. The number of rotatable bonds is 15. The molecule has 3 amide bonds. The first kappa shape index (κ1) is 34.4. The fraction of sp³-hybridized carbons (Fsp3) is 0.528. The van der Waals surface area contributed by atoms with E-state index in [1.54, 1.807) is 12.0 Å². The van der Waals surface area contributed by atoms with E-state index in [4.69, 9.17) is 25.8 Å². The number of hydrogen-bond acceptors (Lipinski definition) is 8. The first-order valence-corrected chi connectivity index (χ1v) is 16.5. The lowest BCUT2D eigenvalue weighted by Gasteiger charge is -2.37. The quantitative estimate of drug-likeness (QED) is 0.151. The molecule has 11 heteroatoms. The molecule has 2 aliphatic heterocycles. The number of nitrogens with zero attached hydrogens (tertiary/aromatic N) is 2. The van der Waals surface area contributed by atoms with Crippen LogP contribution < -0.4 is 16.2 Å². The van der Waals surface area contributed by atoms with Crippen molar-refractivity contribution in [3.63, 3.8) is 0 Å². The summed E-state index contributed by atoms with van der Waals surface area (Å²) in [5.41, 5.74) is 12.5. The monoisotopic (exact) mass is 646 g/mol. The molecule has 6 atom stereocenters. The van der Waals surface area contributed by atoms with Crippen LogP contribution in [0.2, 0.25) is 0 Å². The zero-order chi connectivity index (χ0) is 33.6. The number of fused-ring (bicyclic) bond motifs is 2. The molecule has 0 spiro atoms. The van der Waals surface area contributed by atoms with Gasteiger partial charge in [0.2, 0.25) is 11.8 Å². The predicted molar refractivity (Wildman–Crippen MR) is 174 cm³/mol. The third kappa shape index (κ3) is 7.96. The normalized spacial score (nSPS) is 26.0. The Hall–Kier alpha value is -3.95. The minimum atomic E-state index is -1.59. The third-order valence-electron chi connectivity index (χ3n) is 9.36. The summed E-state index contributed by atoms with van der Waals surface area (Å²) in [5.74, 6) is 4.78. The largest absolute Gasteiger partial charge is 0.497 e. The Kier molecular flexibility index (Phi) is 11.2. The lowest BCUT2D eigenvalue weighted by Crippen LogP contribution is -2.60. The highest BCUT2D eigenvalue weighted by Crippen LogP contribution is 2.53. The number of unbranched alkanes of at least 4 members (excludes halogenated alkanes) is 3. The molecule has 47 heavy (non-hydrogen) atoms. The first-order valence-electron chi connectivity index (χ1n) is 16.5. The number of methoxy groups -OCH3 is 1. The van der Waals surface area contributed by atoms with Gasteiger partial charge in [-0.1, -0.05) is 49.5 Å². The summed E-state index contributed by atoms with van der Waals surface area (Å²) in [6.45, 7) is 3.08. The number of aliphatic hydroxyl groups is 1. The summed E-state index contributed by atoms with van der Waals surface area (Å²) >= 11 is 0. The van der Waals surface area contributed by atoms with Crippen LogP contribution in [0.4, 0.5) is 0 Å². The second kappa shape index (κ2) is 15.3. The Balaban J connectivity index is 1.42. The number of carbonyl (C=O) groups is 3. The van der Waals surface area contributed by atoms with E-state index in [1.807, 2.05) is 48.5 Å². The topological polar surface area (TPSA) is 161 Å². The molecule has 0 bridgehead atoms. The minimum Gasteiger partial charge on any atom is -0.497 e. The molecule has 2 aromatic carbocycles. The van der Waals surface area contributed by atoms with Gasteiger partial charge < -0.3 is 30.9 Å². The highest BCUT2D eigenvalue weighted by Gasteiger charge is 2.72. The van der Waals surface area contributed by atoms with Crippen LogP contribution in [0, 0.1) is 17.8 Å². The molecule has 6 unspecified atom stereocenters. The van der Waals surface area contributed by atoms with Gasteiger partial charge in [0.15, 0.2) is 5.60 Å². The van der Waals surface area contributed by atoms with Crippen molar-refractivity contribution < 1.29 is 33.8 Å². The van der Waals surface area contributed by atoms with E-state index >= 15 is 0 Å². The number of epoxide rings is 1. The first-order chi connectivity index (χ1) is 22.7. The molecule has 2 saturated heterocycles. The van der Waals surface area contributed by atoms with Gasteiger partial charge in [0.25, 0.3) is 5.91 Å². The smallest absolute Gasteiger partial charge is 0.252 e. The highest BCUT2D eigenvalue weighted by molar-refractivity contribution is 5.89. The van der Waals surface area contributed by atoms with Crippen LogP contribution in [0.3, 0.4) is 0 Å². The van der Waals surface area contributed by atoms with Crippen molar-refractivity contribution in [1.29, 1.82) is 0 Å². The number of amides is 3. The van der Waals surface area contributed by atoms with Gasteiger partial charge in [0, 0.05) is 37.9 Å². The molecular weight excluding hydrogens is 600 g/mol. The summed E-state index contributed by atoms with van der Waals surface area (Å²) in [7, 11) is 1.61. The molecule has 5 N–H and O–H groups in total. The molecule has 5 rings (SSSR count). The fourth-order valence-corrected chi connectivity index (χ4v) is 6.76. The van der Waals surface area contributed by atoms with Gasteiger partial charge in [0.05, 0.1) is 31.8 Å². The summed E-state index contributed by atoms with van der Waals surface area (Å²) < 4.78 is 11.0. The summed E-state index contributed by atoms with van der Waals surface area (Å²) in [6.07, 6.45) is 2.86. The number of ether oxygens (including phenoxy) is 2. The lowest BCUT2D eigenvalue weighted by molar-refractivity contribution is -0.218. The van der Waals surface area contributed by atoms with Crippen molar-refractivity contribution in [1.82, 2.24) is 9.96 Å². The molecule has 0 radical (unpaired) electrons. The van der Waals surface area contributed by atoms with E-state index in [1.165, 1.54) is 5.06 Å². The van der Waals surface area contributed by atoms with Crippen LogP contribution in [-0.4, -0.2) is 82.9 Å². The lowest BCUT2D eigenvalue weighted by atomic mass is 9.70. The molecule has 0 aromatic heterocycles.